The molecular weight excluding hydrogens is 374 g/mol. The fourth-order valence-electron chi connectivity index (χ4n) is 2.51. The number of carbonyl (C=O) groups is 1. The van der Waals surface area contributed by atoms with E-state index < -0.39 is 33.6 Å². The second-order valence-electron chi connectivity index (χ2n) is 6.35. The Balaban J connectivity index is 1.90. The van der Waals surface area contributed by atoms with Gasteiger partial charge in [-0.15, -0.1) is 0 Å². The van der Waals surface area contributed by atoms with Crippen molar-refractivity contribution >= 4 is 15.9 Å². The highest BCUT2D eigenvalue weighted by atomic mass is 32.2. The minimum absolute atomic E-state index is 0.0975. The lowest BCUT2D eigenvalue weighted by molar-refractivity contribution is -0.121. The van der Waals surface area contributed by atoms with Crippen LogP contribution in [0.2, 0.25) is 0 Å². The smallest absolute Gasteiger partial charge is 0.240 e. The van der Waals surface area contributed by atoms with E-state index in [-0.39, 0.29) is 23.4 Å². The van der Waals surface area contributed by atoms with Crippen molar-refractivity contribution in [3.05, 3.63) is 64.7 Å². The van der Waals surface area contributed by atoms with Crippen LogP contribution in [0.25, 0.3) is 0 Å². The maximum absolute atomic E-state index is 13.7. The molecule has 1 atom stereocenters. The van der Waals surface area contributed by atoms with Gasteiger partial charge < -0.3 is 5.32 Å². The third-order valence-corrected chi connectivity index (χ3v) is 5.70. The number of hydrogen-bond acceptors (Lipinski definition) is 3. The first-order chi connectivity index (χ1) is 12.6. The van der Waals surface area contributed by atoms with E-state index in [0.29, 0.717) is 0 Å². The average Bonchev–Trinajstić information content (AvgIpc) is 2.56. The second-order valence-corrected chi connectivity index (χ2v) is 8.12. The molecule has 0 aromatic heterocycles. The van der Waals surface area contributed by atoms with Gasteiger partial charge in [0.1, 0.15) is 11.6 Å². The molecule has 0 unspecified atom stereocenters. The van der Waals surface area contributed by atoms with Gasteiger partial charge in [0.25, 0.3) is 0 Å². The van der Waals surface area contributed by atoms with Crippen LogP contribution in [0.5, 0.6) is 0 Å². The van der Waals surface area contributed by atoms with Crippen molar-refractivity contribution in [3.63, 3.8) is 0 Å². The van der Waals surface area contributed by atoms with Crippen molar-refractivity contribution in [1.82, 2.24) is 10.0 Å². The van der Waals surface area contributed by atoms with Gasteiger partial charge in [0.2, 0.25) is 15.9 Å². The molecular formula is C19H22F2N2O3S. The summed E-state index contributed by atoms with van der Waals surface area (Å²) in [5.74, 6) is -1.90. The van der Waals surface area contributed by atoms with E-state index in [1.54, 1.807) is 19.1 Å². The Morgan fingerprint density at radius 2 is 1.78 bits per heavy atom. The van der Waals surface area contributed by atoms with Crippen LogP contribution >= 0.6 is 0 Å². The highest BCUT2D eigenvalue weighted by Crippen LogP contribution is 2.18. The first-order valence-electron chi connectivity index (χ1n) is 8.41. The summed E-state index contributed by atoms with van der Waals surface area (Å²) >= 11 is 0. The Morgan fingerprint density at radius 1 is 1.07 bits per heavy atom. The Labute approximate surface area is 157 Å². The average molecular weight is 396 g/mol. The van der Waals surface area contributed by atoms with Gasteiger partial charge in [-0.3, -0.25) is 4.79 Å². The zero-order valence-corrected chi connectivity index (χ0v) is 16.2. The van der Waals surface area contributed by atoms with Crippen molar-refractivity contribution in [2.45, 2.75) is 38.1 Å². The van der Waals surface area contributed by atoms with E-state index in [1.165, 1.54) is 12.1 Å². The number of nitrogens with one attached hydrogen (secondary N) is 2. The van der Waals surface area contributed by atoms with Crippen LogP contribution in [0.3, 0.4) is 0 Å². The molecule has 0 spiro atoms. The number of amides is 1. The molecule has 8 heteroatoms. The minimum Gasteiger partial charge on any atom is -0.349 e. The van der Waals surface area contributed by atoms with Gasteiger partial charge >= 0.3 is 0 Å². The number of hydrogen-bond donors (Lipinski definition) is 2. The molecule has 27 heavy (non-hydrogen) atoms. The third-order valence-electron chi connectivity index (χ3n) is 4.24. The third kappa shape index (κ3) is 5.58. The molecule has 2 aromatic carbocycles. The predicted molar refractivity (Wildman–Crippen MR) is 98.6 cm³/mol. The van der Waals surface area contributed by atoms with Crippen molar-refractivity contribution < 1.29 is 22.0 Å². The van der Waals surface area contributed by atoms with Crippen molar-refractivity contribution in [3.8, 4) is 0 Å². The van der Waals surface area contributed by atoms with Crippen LogP contribution < -0.4 is 10.0 Å². The van der Waals surface area contributed by atoms with E-state index in [2.05, 4.69) is 10.0 Å². The second kappa shape index (κ2) is 8.58. The van der Waals surface area contributed by atoms with E-state index in [4.69, 9.17) is 0 Å². The molecule has 0 bridgehead atoms. The molecule has 0 saturated carbocycles. The Kier molecular flexibility index (Phi) is 6.67. The lowest BCUT2D eigenvalue weighted by atomic mass is 10.1. The van der Waals surface area contributed by atoms with Gasteiger partial charge in [-0.05, 0) is 50.1 Å². The summed E-state index contributed by atoms with van der Waals surface area (Å²) in [7, 11) is -3.72. The van der Waals surface area contributed by atoms with Crippen molar-refractivity contribution in [2.24, 2.45) is 0 Å². The molecule has 2 N–H and O–H groups in total. The number of benzene rings is 2. The van der Waals surface area contributed by atoms with Gasteiger partial charge in [0.15, 0.2) is 0 Å². The first kappa shape index (κ1) is 21.0. The van der Waals surface area contributed by atoms with Gasteiger partial charge in [-0.25, -0.2) is 21.9 Å². The molecule has 0 aliphatic heterocycles. The molecule has 0 aliphatic rings. The SMILES string of the molecule is Cc1ccc(S(=O)(=O)NCCC(=O)N[C@H](C)c2ccc(F)cc2F)cc1C. The van der Waals surface area contributed by atoms with Gasteiger partial charge in [0.05, 0.1) is 10.9 Å². The maximum Gasteiger partial charge on any atom is 0.240 e. The fraction of sp³-hybridized carbons (Fsp3) is 0.316. The summed E-state index contributed by atoms with van der Waals surface area (Å²) < 4.78 is 53.6. The molecule has 5 nitrogen and oxygen atoms in total. The molecule has 146 valence electrons. The number of sulfonamides is 1. The maximum atomic E-state index is 13.7. The Morgan fingerprint density at radius 3 is 2.41 bits per heavy atom. The van der Waals surface area contributed by atoms with Crippen LogP contribution in [0.1, 0.15) is 36.1 Å². The van der Waals surface area contributed by atoms with Gasteiger partial charge in [0, 0.05) is 24.6 Å². The number of halogens is 2. The van der Waals surface area contributed by atoms with Crippen molar-refractivity contribution in [2.75, 3.05) is 6.54 Å². The molecule has 2 aromatic rings. The van der Waals surface area contributed by atoms with E-state index in [0.717, 1.165) is 23.3 Å². The van der Waals surface area contributed by atoms with Crippen molar-refractivity contribution in [1.29, 1.82) is 0 Å². The van der Waals surface area contributed by atoms with Crippen LogP contribution in [0.4, 0.5) is 8.78 Å². The molecule has 0 radical (unpaired) electrons. The molecule has 0 aliphatic carbocycles. The monoisotopic (exact) mass is 396 g/mol. The lowest BCUT2D eigenvalue weighted by Crippen LogP contribution is -2.32. The predicted octanol–water partition coefficient (Wildman–Crippen LogP) is 3.13. The summed E-state index contributed by atoms with van der Waals surface area (Å²) in [5.41, 5.74) is 1.99. The van der Waals surface area contributed by atoms with Gasteiger partial charge in [-0.1, -0.05) is 12.1 Å². The topological polar surface area (TPSA) is 75.3 Å². The van der Waals surface area contributed by atoms with Crippen LogP contribution in [-0.2, 0) is 14.8 Å². The summed E-state index contributed by atoms with van der Waals surface area (Å²) in [6.07, 6.45) is -0.114. The summed E-state index contributed by atoms with van der Waals surface area (Å²) in [5, 5.41) is 2.56. The molecule has 0 fully saturated rings. The molecule has 1 amide bonds. The summed E-state index contributed by atoms with van der Waals surface area (Å²) in [6, 6.07) is 7.23. The Hall–Kier alpha value is -2.32. The normalized spacial score (nSPS) is 12.6. The lowest BCUT2D eigenvalue weighted by Gasteiger charge is -2.15. The highest BCUT2D eigenvalue weighted by molar-refractivity contribution is 7.89. The van der Waals surface area contributed by atoms with Gasteiger partial charge in [-0.2, -0.15) is 0 Å². The van der Waals surface area contributed by atoms with E-state index in [1.807, 2.05) is 13.8 Å². The van der Waals surface area contributed by atoms with E-state index >= 15 is 0 Å². The number of aryl methyl sites for hydroxylation is 2. The summed E-state index contributed by atoms with van der Waals surface area (Å²) in [4.78, 5) is 12.1. The number of carbonyl (C=O) groups excluding carboxylic acids is 1. The molecule has 2 rings (SSSR count). The molecule has 0 saturated heterocycles. The largest absolute Gasteiger partial charge is 0.349 e. The quantitative estimate of drug-likeness (QED) is 0.755. The molecule has 0 heterocycles. The standard InChI is InChI=1S/C19H22F2N2O3S/c1-12-4-6-16(10-13(12)2)27(25,26)22-9-8-19(24)23-14(3)17-7-5-15(20)11-18(17)21/h4-7,10-11,14,22H,8-9H2,1-3H3,(H,23,24)/t14-/m1/s1. The number of rotatable bonds is 7. The minimum atomic E-state index is -3.72. The Bertz CT molecular complexity index is 946. The zero-order valence-electron chi connectivity index (χ0n) is 15.3. The fourth-order valence-corrected chi connectivity index (χ4v) is 3.62. The van der Waals surface area contributed by atoms with Crippen LogP contribution in [0.15, 0.2) is 41.3 Å². The summed E-state index contributed by atoms with van der Waals surface area (Å²) in [6.45, 7) is 5.17. The van der Waals surface area contributed by atoms with E-state index in [9.17, 15) is 22.0 Å². The van der Waals surface area contributed by atoms with Crippen LogP contribution in [-0.4, -0.2) is 20.9 Å². The first-order valence-corrected chi connectivity index (χ1v) is 9.89. The zero-order chi connectivity index (χ0) is 20.2. The highest BCUT2D eigenvalue weighted by Gasteiger charge is 2.17. The van der Waals surface area contributed by atoms with Crippen LogP contribution in [0, 0.1) is 25.5 Å².